The molecule has 102 valence electrons. The summed E-state index contributed by atoms with van der Waals surface area (Å²) >= 11 is 0. The predicted molar refractivity (Wildman–Crippen MR) is 72.3 cm³/mol. The van der Waals surface area contributed by atoms with E-state index in [4.69, 9.17) is 0 Å². The van der Waals surface area contributed by atoms with Crippen molar-refractivity contribution in [2.24, 2.45) is 5.92 Å². The highest BCUT2D eigenvalue weighted by atomic mass is 16.1. The fourth-order valence-electron chi connectivity index (χ4n) is 3.58. The molecule has 1 saturated heterocycles. The van der Waals surface area contributed by atoms with Crippen LogP contribution in [0, 0.1) is 5.92 Å². The zero-order valence-corrected chi connectivity index (χ0v) is 11.4. The van der Waals surface area contributed by atoms with E-state index in [2.05, 4.69) is 10.2 Å². The minimum absolute atomic E-state index is 0.312. The lowest BCUT2D eigenvalue weighted by Crippen LogP contribution is -2.38. The molecule has 0 aromatic rings. The molecule has 18 heavy (non-hydrogen) atoms. The van der Waals surface area contributed by atoms with Gasteiger partial charge in [0.15, 0.2) is 0 Å². The second-order valence-corrected chi connectivity index (χ2v) is 6.46. The van der Waals surface area contributed by atoms with Gasteiger partial charge in [-0.15, -0.1) is 0 Å². The molecule has 1 aliphatic heterocycles. The van der Waals surface area contributed by atoms with Gasteiger partial charge in [-0.1, -0.05) is 12.8 Å². The van der Waals surface area contributed by atoms with Gasteiger partial charge in [0, 0.05) is 18.5 Å². The molecule has 3 heteroatoms. The normalized spacial score (nSPS) is 27.6. The lowest BCUT2D eigenvalue weighted by molar-refractivity contribution is -0.123. The number of piperidine rings is 1. The van der Waals surface area contributed by atoms with Crippen molar-refractivity contribution >= 4 is 5.91 Å². The topological polar surface area (TPSA) is 32.3 Å². The van der Waals surface area contributed by atoms with Crippen LogP contribution in [-0.2, 0) is 4.79 Å². The Bertz CT molecular complexity index is 287. The second kappa shape index (κ2) is 5.60. The van der Waals surface area contributed by atoms with Crippen molar-refractivity contribution in [3.63, 3.8) is 0 Å². The van der Waals surface area contributed by atoms with Crippen LogP contribution < -0.4 is 5.32 Å². The Labute approximate surface area is 110 Å². The SMILES string of the molecule is O=C(CC1CCN(C2CC2)CC1)NC1CCCC1. The summed E-state index contributed by atoms with van der Waals surface area (Å²) in [5, 5.41) is 3.22. The van der Waals surface area contributed by atoms with Crippen LogP contribution in [0.5, 0.6) is 0 Å². The lowest BCUT2D eigenvalue weighted by atomic mass is 9.93. The van der Waals surface area contributed by atoms with Crippen LogP contribution in [0.4, 0.5) is 0 Å². The molecule has 3 fully saturated rings. The molecule has 2 saturated carbocycles. The van der Waals surface area contributed by atoms with Gasteiger partial charge in [-0.3, -0.25) is 4.79 Å². The Morgan fingerprint density at radius 1 is 1.00 bits per heavy atom. The van der Waals surface area contributed by atoms with Gasteiger partial charge in [-0.25, -0.2) is 0 Å². The molecule has 2 aliphatic carbocycles. The number of carbonyl (C=O) groups excluding carboxylic acids is 1. The van der Waals surface area contributed by atoms with Crippen LogP contribution in [0.25, 0.3) is 0 Å². The fourth-order valence-corrected chi connectivity index (χ4v) is 3.58. The third-order valence-electron chi connectivity index (χ3n) is 4.91. The van der Waals surface area contributed by atoms with E-state index in [0.717, 1.165) is 12.5 Å². The molecule has 1 N–H and O–H groups in total. The molecule has 0 bridgehead atoms. The summed E-state index contributed by atoms with van der Waals surface area (Å²) in [6, 6.07) is 1.39. The molecule has 3 rings (SSSR count). The summed E-state index contributed by atoms with van der Waals surface area (Å²) in [6.07, 6.45) is 11.0. The summed E-state index contributed by atoms with van der Waals surface area (Å²) < 4.78 is 0. The first-order valence-corrected chi connectivity index (χ1v) is 7.84. The molecule has 0 atom stereocenters. The van der Waals surface area contributed by atoms with Crippen LogP contribution in [0.15, 0.2) is 0 Å². The average molecular weight is 250 g/mol. The molecule has 0 spiro atoms. The van der Waals surface area contributed by atoms with Crippen molar-refractivity contribution in [3.8, 4) is 0 Å². The van der Waals surface area contributed by atoms with Crippen LogP contribution in [0.2, 0.25) is 0 Å². The zero-order valence-electron chi connectivity index (χ0n) is 11.4. The van der Waals surface area contributed by atoms with Gasteiger partial charge in [-0.05, 0) is 57.5 Å². The summed E-state index contributed by atoms with van der Waals surface area (Å²) in [6.45, 7) is 2.46. The molecule has 3 aliphatic rings. The summed E-state index contributed by atoms with van der Waals surface area (Å²) in [5.74, 6) is 0.952. The summed E-state index contributed by atoms with van der Waals surface area (Å²) in [4.78, 5) is 14.6. The standard InChI is InChI=1S/C15H26N2O/c18-15(16-13-3-1-2-4-13)11-12-7-9-17(10-8-12)14-5-6-14/h12-14H,1-11H2,(H,16,18). The highest BCUT2D eigenvalue weighted by molar-refractivity contribution is 5.76. The molecule has 1 amide bonds. The smallest absolute Gasteiger partial charge is 0.220 e. The lowest BCUT2D eigenvalue weighted by Gasteiger charge is -2.31. The van der Waals surface area contributed by atoms with Crippen molar-refractivity contribution in [3.05, 3.63) is 0 Å². The third-order valence-corrected chi connectivity index (χ3v) is 4.91. The molecular formula is C15H26N2O. The molecule has 3 nitrogen and oxygen atoms in total. The molecule has 0 aromatic heterocycles. The van der Waals surface area contributed by atoms with Gasteiger partial charge in [-0.2, -0.15) is 0 Å². The first kappa shape index (κ1) is 12.5. The van der Waals surface area contributed by atoms with E-state index in [-0.39, 0.29) is 0 Å². The number of rotatable bonds is 4. The van der Waals surface area contributed by atoms with E-state index in [1.807, 2.05) is 0 Å². The van der Waals surface area contributed by atoms with Gasteiger partial charge in [0.05, 0.1) is 0 Å². The molecular weight excluding hydrogens is 224 g/mol. The van der Waals surface area contributed by atoms with Crippen molar-refractivity contribution in [1.82, 2.24) is 10.2 Å². The van der Waals surface area contributed by atoms with Gasteiger partial charge < -0.3 is 10.2 Å². The van der Waals surface area contributed by atoms with Gasteiger partial charge >= 0.3 is 0 Å². The van der Waals surface area contributed by atoms with Gasteiger partial charge in [0.25, 0.3) is 0 Å². The number of nitrogens with one attached hydrogen (secondary N) is 1. The van der Waals surface area contributed by atoms with Crippen LogP contribution >= 0.6 is 0 Å². The minimum atomic E-state index is 0.312. The van der Waals surface area contributed by atoms with Crippen molar-refractivity contribution in [2.75, 3.05) is 13.1 Å². The third kappa shape index (κ3) is 3.25. The van der Waals surface area contributed by atoms with E-state index in [1.54, 1.807) is 0 Å². The molecule has 0 radical (unpaired) electrons. The number of hydrogen-bond acceptors (Lipinski definition) is 2. The largest absolute Gasteiger partial charge is 0.353 e. The number of likely N-dealkylation sites (tertiary alicyclic amines) is 1. The highest BCUT2D eigenvalue weighted by Gasteiger charge is 2.32. The van der Waals surface area contributed by atoms with Gasteiger partial charge in [0.1, 0.15) is 0 Å². The fraction of sp³-hybridized carbons (Fsp3) is 0.933. The molecule has 0 aromatic carbocycles. The highest BCUT2D eigenvalue weighted by Crippen LogP contribution is 2.31. The molecule has 1 heterocycles. The number of amides is 1. The maximum Gasteiger partial charge on any atom is 0.220 e. The Hall–Kier alpha value is -0.570. The number of hydrogen-bond donors (Lipinski definition) is 1. The monoisotopic (exact) mass is 250 g/mol. The van der Waals surface area contributed by atoms with Gasteiger partial charge in [0.2, 0.25) is 5.91 Å². The van der Waals surface area contributed by atoms with Crippen LogP contribution in [-0.4, -0.2) is 36.0 Å². The van der Waals surface area contributed by atoms with Crippen LogP contribution in [0.1, 0.15) is 57.8 Å². The predicted octanol–water partition coefficient (Wildman–Crippen LogP) is 2.31. The minimum Gasteiger partial charge on any atom is -0.353 e. The first-order chi connectivity index (χ1) is 8.81. The van der Waals surface area contributed by atoms with E-state index in [9.17, 15) is 4.79 Å². The van der Waals surface area contributed by atoms with Crippen molar-refractivity contribution < 1.29 is 4.79 Å². The molecule has 0 unspecified atom stereocenters. The second-order valence-electron chi connectivity index (χ2n) is 6.46. The van der Waals surface area contributed by atoms with E-state index < -0.39 is 0 Å². The Morgan fingerprint density at radius 2 is 1.67 bits per heavy atom. The quantitative estimate of drug-likeness (QED) is 0.830. The number of carbonyl (C=O) groups is 1. The maximum absolute atomic E-state index is 12.0. The van der Waals surface area contributed by atoms with Crippen LogP contribution in [0.3, 0.4) is 0 Å². The van der Waals surface area contributed by atoms with Crippen molar-refractivity contribution in [1.29, 1.82) is 0 Å². The summed E-state index contributed by atoms with van der Waals surface area (Å²) in [7, 11) is 0. The van der Waals surface area contributed by atoms with E-state index in [1.165, 1.54) is 64.5 Å². The zero-order chi connectivity index (χ0) is 12.4. The Morgan fingerprint density at radius 3 is 2.28 bits per heavy atom. The Kier molecular flexibility index (Phi) is 3.88. The average Bonchev–Trinajstić information content (AvgIpc) is 3.09. The first-order valence-electron chi connectivity index (χ1n) is 7.84. The number of nitrogens with zero attached hydrogens (tertiary/aromatic N) is 1. The maximum atomic E-state index is 12.0. The Balaban J connectivity index is 1.36. The van der Waals surface area contributed by atoms with E-state index >= 15 is 0 Å². The van der Waals surface area contributed by atoms with E-state index in [0.29, 0.717) is 17.9 Å². The van der Waals surface area contributed by atoms with Crippen molar-refractivity contribution in [2.45, 2.75) is 69.9 Å². The summed E-state index contributed by atoms with van der Waals surface area (Å²) in [5.41, 5.74) is 0.